The van der Waals surface area contributed by atoms with Crippen molar-refractivity contribution in [3.63, 3.8) is 0 Å². The van der Waals surface area contributed by atoms with E-state index >= 15 is 0 Å². The van der Waals surface area contributed by atoms with Gasteiger partial charge in [0.15, 0.2) is 0 Å². The van der Waals surface area contributed by atoms with Crippen LogP contribution in [0.25, 0.3) is 0 Å². The van der Waals surface area contributed by atoms with Crippen molar-refractivity contribution >= 4 is 27.5 Å². The van der Waals surface area contributed by atoms with Crippen LogP contribution in [0.2, 0.25) is 0 Å². The fraction of sp³-hybridized carbons (Fsp3) is 0.500. The van der Waals surface area contributed by atoms with Gasteiger partial charge in [-0.15, -0.1) is 0 Å². The molecular weight excluding hydrogens is 490 g/mol. The maximum Gasteiger partial charge on any atom is 0.244 e. The van der Waals surface area contributed by atoms with E-state index in [1.165, 1.54) is 18.4 Å². The van der Waals surface area contributed by atoms with Crippen LogP contribution in [0, 0.1) is 13.8 Å². The van der Waals surface area contributed by atoms with Crippen LogP contribution in [0.5, 0.6) is 5.75 Å². The van der Waals surface area contributed by atoms with Crippen LogP contribution in [-0.4, -0.2) is 57.1 Å². The second-order valence-corrected chi connectivity index (χ2v) is 11.9. The predicted octanol–water partition coefficient (Wildman–Crippen LogP) is 3.94. The average molecular weight is 530 g/mol. The molecule has 0 heterocycles. The van der Waals surface area contributed by atoms with Crippen LogP contribution >= 0.6 is 0 Å². The van der Waals surface area contributed by atoms with E-state index in [1.807, 2.05) is 44.2 Å². The molecule has 0 aromatic heterocycles. The molecule has 2 aromatic rings. The molecule has 37 heavy (non-hydrogen) atoms. The summed E-state index contributed by atoms with van der Waals surface area (Å²) in [7, 11) is -2.38. The molecule has 0 radical (unpaired) electrons. The summed E-state index contributed by atoms with van der Waals surface area (Å²) in [5.41, 5.74) is 3.01. The summed E-state index contributed by atoms with van der Waals surface area (Å²) in [4.78, 5) is 28.5. The Kier molecular flexibility index (Phi) is 9.59. The number of rotatable bonds is 10. The second kappa shape index (κ2) is 12.4. The number of nitrogens with zero attached hydrogens (tertiary/aromatic N) is 2. The van der Waals surface area contributed by atoms with E-state index < -0.39 is 28.5 Å². The number of aryl methyl sites for hydroxylation is 2. The first-order valence-corrected chi connectivity index (χ1v) is 14.6. The molecule has 0 unspecified atom stereocenters. The van der Waals surface area contributed by atoms with E-state index in [-0.39, 0.29) is 24.2 Å². The molecule has 3 rings (SSSR count). The van der Waals surface area contributed by atoms with Gasteiger partial charge in [0.1, 0.15) is 18.3 Å². The summed E-state index contributed by atoms with van der Waals surface area (Å²) in [5.74, 6) is -0.356. The molecule has 1 fully saturated rings. The van der Waals surface area contributed by atoms with Crippen LogP contribution in [-0.2, 0) is 26.2 Å². The van der Waals surface area contributed by atoms with Crippen LogP contribution in [0.15, 0.2) is 42.5 Å². The van der Waals surface area contributed by atoms with Crippen LogP contribution in [0.3, 0.4) is 0 Å². The quantitative estimate of drug-likeness (QED) is 0.503. The van der Waals surface area contributed by atoms with Gasteiger partial charge in [-0.25, -0.2) is 8.42 Å². The number of nitrogens with one attached hydrogen (secondary N) is 1. The number of amides is 2. The number of carbonyl (C=O) groups is 2. The number of sulfonamides is 1. The van der Waals surface area contributed by atoms with Gasteiger partial charge in [-0.1, -0.05) is 55.2 Å². The Labute approximate surface area is 221 Å². The number of carbonyl (C=O) groups excluding carboxylic acids is 2. The number of hydrogen-bond acceptors (Lipinski definition) is 5. The summed E-state index contributed by atoms with van der Waals surface area (Å²) in [5, 5.41) is 3.11. The first-order chi connectivity index (χ1) is 17.5. The number of methoxy groups -OCH3 is 1. The zero-order chi connectivity index (χ0) is 27.2. The summed E-state index contributed by atoms with van der Waals surface area (Å²) in [6, 6.07) is 12.2. The van der Waals surface area contributed by atoms with Gasteiger partial charge < -0.3 is 15.0 Å². The van der Waals surface area contributed by atoms with Crippen molar-refractivity contribution in [1.82, 2.24) is 10.2 Å². The highest BCUT2D eigenvalue weighted by atomic mass is 32.2. The predicted molar refractivity (Wildman–Crippen MR) is 146 cm³/mol. The fourth-order valence-corrected chi connectivity index (χ4v) is 5.59. The standard InChI is InChI=1S/C28H39N3O5S/c1-20-10-9-11-23(16-20)18-30(22(3)28(33)29-24-12-7-6-8-13-24)27(32)19-31(37(5,34)35)25-17-21(2)14-15-26(25)36-4/h9-11,14-17,22,24H,6-8,12-13,18-19H2,1-5H3,(H,29,33)/t22-/m1/s1. The molecule has 1 saturated carbocycles. The van der Waals surface area contributed by atoms with E-state index in [0.29, 0.717) is 5.75 Å². The van der Waals surface area contributed by atoms with E-state index in [2.05, 4.69) is 5.32 Å². The van der Waals surface area contributed by atoms with Gasteiger partial charge in [-0.2, -0.15) is 0 Å². The van der Waals surface area contributed by atoms with Crippen molar-refractivity contribution in [2.75, 3.05) is 24.2 Å². The Bertz CT molecular complexity index is 1210. The summed E-state index contributed by atoms with van der Waals surface area (Å²) < 4.78 is 32.2. The molecule has 1 aliphatic rings. The molecule has 2 amide bonds. The van der Waals surface area contributed by atoms with Gasteiger partial charge in [0, 0.05) is 12.6 Å². The topological polar surface area (TPSA) is 96.0 Å². The molecule has 202 valence electrons. The monoisotopic (exact) mass is 529 g/mol. The lowest BCUT2D eigenvalue weighted by Gasteiger charge is -2.33. The van der Waals surface area contributed by atoms with Crippen molar-refractivity contribution in [2.24, 2.45) is 0 Å². The highest BCUT2D eigenvalue weighted by molar-refractivity contribution is 7.92. The fourth-order valence-electron chi connectivity index (χ4n) is 4.75. The van der Waals surface area contributed by atoms with Gasteiger partial charge in [0.05, 0.1) is 19.1 Å². The van der Waals surface area contributed by atoms with Crippen molar-refractivity contribution in [3.05, 3.63) is 59.2 Å². The molecule has 0 saturated heterocycles. The molecule has 1 atom stereocenters. The highest BCUT2D eigenvalue weighted by Gasteiger charge is 2.32. The third kappa shape index (κ3) is 7.71. The average Bonchev–Trinajstić information content (AvgIpc) is 2.85. The van der Waals surface area contributed by atoms with Gasteiger partial charge in [0.2, 0.25) is 21.8 Å². The normalized spacial score (nSPS) is 15.1. The molecule has 1 aliphatic carbocycles. The van der Waals surface area contributed by atoms with E-state index in [4.69, 9.17) is 4.74 Å². The SMILES string of the molecule is COc1ccc(C)cc1N(CC(=O)N(Cc1cccc(C)c1)[C@H](C)C(=O)NC1CCCCC1)S(C)(=O)=O. The molecular formula is C28H39N3O5S. The zero-order valence-corrected chi connectivity index (χ0v) is 23.3. The Balaban J connectivity index is 1.92. The van der Waals surface area contributed by atoms with Crippen molar-refractivity contribution in [2.45, 2.75) is 71.5 Å². The van der Waals surface area contributed by atoms with Crippen LogP contribution in [0.1, 0.15) is 55.7 Å². The maximum absolute atomic E-state index is 13.8. The van der Waals surface area contributed by atoms with E-state index in [9.17, 15) is 18.0 Å². The summed E-state index contributed by atoms with van der Waals surface area (Å²) >= 11 is 0. The molecule has 1 N–H and O–H groups in total. The molecule has 9 heteroatoms. The van der Waals surface area contributed by atoms with Gasteiger partial charge >= 0.3 is 0 Å². The first kappa shape index (κ1) is 28.5. The third-order valence-corrected chi connectivity index (χ3v) is 7.96. The van der Waals surface area contributed by atoms with Crippen molar-refractivity contribution in [3.8, 4) is 5.75 Å². The molecule has 0 bridgehead atoms. The van der Waals surface area contributed by atoms with Crippen LogP contribution < -0.4 is 14.4 Å². The first-order valence-electron chi connectivity index (χ1n) is 12.8. The lowest BCUT2D eigenvalue weighted by atomic mass is 9.95. The largest absolute Gasteiger partial charge is 0.495 e. The molecule has 0 aliphatic heterocycles. The van der Waals surface area contributed by atoms with Gasteiger partial charge in [0.25, 0.3) is 0 Å². The zero-order valence-electron chi connectivity index (χ0n) is 22.5. The Morgan fingerprint density at radius 2 is 1.73 bits per heavy atom. The summed E-state index contributed by atoms with van der Waals surface area (Å²) in [6.07, 6.45) is 6.24. The van der Waals surface area contributed by atoms with E-state index in [1.54, 1.807) is 19.1 Å². The summed E-state index contributed by atoms with van der Waals surface area (Å²) in [6.45, 7) is 5.23. The number of anilines is 1. The van der Waals surface area contributed by atoms with Gasteiger partial charge in [-0.05, 0) is 56.9 Å². The Morgan fingerprint density at radius 1 is 1.05 bits per heavy atom. The minimum absolute atomic E-state index is 0.101. The number of benzene rings is 2. The Hall–Kier alpha value is -3.07. The van der Waals surface area contributed by atoms with Crippen molar-refractivity contribution in [1.29, 1.82) is 0 Å². The number of ether oxygens (including phenoxy) is 1. The minimum atomic E-state index is -3.84. The third-order valence-electron chi connectivity index (χ3n) is 6.84. The van der Waals surface area contributed by atoms with Crippen LogP contribution in [0.4, 0.5) is 5.69 Å². The molecule has 2 aromatic carbocycles. The lowest BCUT2D eigenvalue weighted by Crippen LogP contribution is -2.53. The number of hydrogen-bond donors (Lipinski definition) is 1. The Morgan fingerprint density at radius 3 is 2.35 bits per heavy atom. The van der Waals surface area contributed by atoms with E-state index in [0.717, 1.165) is 52.9 Å². The minimum Gasteiger partial charge on any atom is -0.495 e. The molecule has 0 spiro atoms. The second-order valence-electron chi connectivity index (χ2n) is 9.98. The highest BCUT2D eigenvalue weighted by Crippen LogP contribution is 2.31. The maximum atomic E-state index is 13.8. The van der Waals surface area contributed by atoms with Crippen molar-refractivity contribution < 1.29 is 22.7 Å². The lowest BCUT2D eigenvalue weighted by molar-refractivity contribution is -0.139. The van der Waals surface area contributed by atoms with Gasteiger partial charge in [-0.3, -0.25) is 13.9 Å². The molecule has 8 nitrogen and oxygen atoms in total. The smallest absolute Gasteiger partial charge is 0.244 e.